The molecule has 0 radical (unpaired) electrons. The average Bonchev–Trinajstić information content (AvgIpc) is 3.10. The second-order valence-electron chi connectivity index (χ2n) is 6.68. The molecule has 9 heteroatoms. The van der Waals surface area contributed by atoms with Crippen LogP contribution in [-0.4, -0.2) is 35.1 Å². The van der Waals surface area contributed by atoms with Gasteiger partial charge in [-0.2, -0.15) is 0 Å². The Hall–Kier alpha value is -3.62. The molecule has 2 amide bonds. The summed E-state index contributed by atoms with van der Waals surface area (Å²) < 4.78 is 10.0. The number of methoxy groups -OCH3 is 1. The van der Waals surface area contributed by atoms with Crippen LogP contribution in [0.5, 0.6) is 5.75 Å². The average molecular weight is 398 g/mol. The summed E-state index contributed by atoms with van der Waals surface area (Å²) in [4.78, 5) is 39.4. The molecule has 3 rings (SSSR count). The summed E-state index contributed by atoms with van der Waals surface area (Å²) in [6.45, 7) is 3.27. The van der Waals surface area contributed by atoms with Crippen molar-refractivity contribution in [1.29, 1.82) is 0 Å². The number of nitrogens with zero attached hydrogens (tertiary/aromatic N) is 1. The predicted octanol–water partition coefficient (Wildman–Crippen LogP) is 1.91. The van der Waals surface area contributed by atoms with Gasteiger partial charge >= 0.3 is 0 Å². The lowest BCUT2D eigenvalue weighted by Crippen LogP contribution is -2.41. The summed E-state index contributed by atoms with van der Waals surface area (Å²) >= 11 is 0. The normalized spacial score (nSPS) is 11.8. The Labute approximate surface area is 166 Å². The zero-order chi connectivity index (χ0) is 21.0. The summed E-state index contributed by atoms with van der Waals surface area (Å²) in [5.41, 5.74) is 0.898. The molecule has 0 aliphatic heterocycles. The maximum atomic E-state index is 12.3. The van der Waals surface area contributed by atoms with E-state index in [-0.39, 0.29) is 30.1 Å². The van der Waals surface area contributed by atoms with Crippen LogP contribution in [0.4, 0.5) is 5.82 Å². The SMILES string of the molecule is COc1ccc2cc(CCC(=O)N[C@H](C)C(=O)Nc3cc(C)on3)c(=O)[nH]c2c1. The molecule has 3 aromatic rings. The van der Waals surface area contributed by atoms with Gasteiger partial charge in [0.2, 0.25) is 11.8 Å². The first-order valence-electron chi connectivity index (χ1n) is 9.09. The Balaban J connectivity index is 1.57. The van der Waals surface area contributed by atoms with Gasteiger partial charge in [-0.05, 0) is 43.9 Å². The van der Waals surface area contributed by atoms with E-state index in [1.807, 2.05) is 6.07 Å². The number of benzene rings is 1. The number of aromatic amines is 1. The summed E-state index contributed by atoms with van der Waals surface area (Å²) in [6.07, 6.45) is 0.325. The number of rotatable bonds is 7. The largest absolute Gasteiger partial charge is 0.497 e. The maximum absolute atomic E-state index is 12.3. The Morgan fingerprint density at radius 2 is 2.07 bits per heavy atom. The number of nitrogens with one attached hydrogen (secondary N) is 3. The molecule has 152 valence electrons. The lowest BCUT2D eigenvalue weighted by atomic mass is 10.1. The molecule has 0 bridgehead atoms. The summed E-state index contributed by atoms with van der Waals surface area (Å²) in [7, 11) is 1.56. The fourth-order valence-electron chi connectivity index (χ4n) is 2.83. The number of hydrogen-bond donors (Lipinski definition) is 3. The topological polar surface area (TPSA) is 126 Å². The van der Waals surface area contributed by atoms with Crippen molar-refractivity contribution in [2.24, 2.45) is 0 Å². The van der Waals surface area contributed by atoms with Gasteiger partial charge in [-0.25, -0.2) is 0 Å². The first-order chi connectivity index (χ1) is 13.9. The van der Waals surface area contributed by atoms with Crippen molar-refractivity contribution < 1.29 is 18.8 Å². The number of hydrogen-bond acceptors (Lipinski definition) is 6. The minimum atomic E-state index is -0.762. The van der Waals surface area contributed by atoms with Crippen LogP contribution in [-0.2, 0) is 16.0 Å². The van der Waals surface area contributed by atoms with E-state index in [4.69, 9.17) is 9.26 Å². The standard InChI is InChI=1S/C20H22N4O5/c1-11-8-17(24-29-11)23-19(26)12(2)21-18(25)7-5-14-9-13-4-6-15(28-3)10-16(13)22-20(14)27/h4,6,8-10,12H,5,7H2,1-3H3,(H,21,25)(H,22,27)(H,23,24,26)/t12-/m1/s1. The van der Waals surface area contributed by atoms with Crippen molar-refractivity contribution in [2.45, 2.75) is 32.7 Å². The second-order valence-corrected chi connectivity index (χ2v) is 6.68. The Bertz CT molecular complexity index is 1100. The molecule has 29 heavy (non-hydrogen) atoms. The first kappa shape index (κ1) is 20.1. The number of aromatic nitrogens is 2. The van der Waals surface area contributed by atoms with Crippen LogP contribution in [0.2, 0.25) is 0 Å². The van der Waals surface area contributed by atoms with Crippen LogP contribution in [0.1, 0.15) is 24.7 Å². The third kappa shape index (κ3) is 5.01. The zero-order valence-corrected chi connectivity index (χ0v) is 16.4. The van der Waals surface area contributed by atoms with Crippen molar-refractivity contribution in [3.05, 3.63) is 52.0 Å². The molecule has 0 fully saturated rings. The highest BCUT2D eigenvalue weighted by molar-refractivity contribution is 5.96. The molecule has 0 spiro atoms. The Kier molecular flexibility index (Phi) is 5.96. The molecule has 2 aromatic heterocycles. The number of fused-ring (bicyclic) bond motifs is 1. The molecule has 1 atom stereocenters. The van der Waals surface area contributed by atoms with Crippen LogP contribution < -0.4 is 20.9 Å². The smallest absolute Gasteiger partial charge is 0.251 e. The number of carbonyl (C=O) groups excluding carboxylic acids is 2. The van der Waals surface area contributed by atoms with Gasteiger partial charge in [0.1, 0.15) is 17.6 Å². The van der Waals surface area contributed by atoms with E-state index in [0.717, 1.165) is 5.39 Å². The van der Waals surface area contributed by atoms with Gasteiger partial charge in [-0.1, -0.05) is 5.16 Å². The highest BCUT2D eigenvalue weighted by Crippen LogP contribution is 2.18. The highest BCUT2D eigenvalue weighted by atomic mass is 16.5. The number of carbonyl (C=O) groups is 2. The monoisotopic (exact) mass is 398 g/mol. The van der Waals surface area contributed by atoms with Gasteiger partial charge in [0.15, 0.2) is 5.82 Å². The highest BCUT2D eigenvalue weighted by Gasteiger charge is 2.17. The molecule has 9 nitrogen and oxygen atoms in total. The molecule has 1 aromatic carbocycles. The minimum Gasteiger partial charge on any atom is -0.497 e. The number of ether oxygens (including phenoxy) is 1. The van der Waals surface area contributed by atoms with Crippen molar-refractivity contribution in [3.8, 4) is 5.75 Å². The molecule has 3 N–H and O–H groups in total. The number of anilines is 1. The summed E-state index contributed by atoms with van der Waals surface area (Å²) in [5.74, 6) is 0.750. The maximum Gasteiger partial charge on any atom is 0.251 e. The van der Waals surface area contributed by atoms with E-state index in [1.165, 1.54) is 0 Å². The Morgan fingerprint density at radius 3 is 2.76 bits per heavy atom. The van der Waals surface area contributed by atoms with Crippen LogP contribution in [0.25, 0.3) is 10.9 Å². The first-order valence-corrected chi connectivity index (χ1v) is 9.09. The molecule has 0 unspecified atom stereocenters. The van der Waals surface area contributed by atoms with E-state index in [0.29, 0.717) is 22.6 Å². The number of amides is 2. The zero-order valence-electron chi connectivity index (χ0n) is 16.4. The van der Waals surface area contributed by atoms with Crippen molar-refractivity contribution in [3.63, 3.8) is 0 Å². The van der Waals surface area contributed by atoms with Gasteiger partial charge < -0.3 is 24.9 Å². The molecule has 0 aliphatic carbocycles. The van der Waals surface area contributed by atoms with Crippen molar-refractivity contribution in [2.75, 3.05) is 12.4 Å². The van der Waals surface area contributed by atoms with E-state index in [2.05, 4.69) is 20.8 Å². The van der Waals surface area contributed by atoms with Gasteiger partial charge in [0, 0.05) is 24.1 Å². The van der Waals surface area contributed by atoms with E-state index in [9.17, 15) is 14.4 Å². The van der Waals surface area contributed by atoms with Crippen LogP contribution in [0, 0.1) is 6.92 Å². The number of aryl methyl sites for hydroxylation is 2. The van der Waals surface area contributed by atoms with Crippen molar-refractivity contribution >= 4 is 28.5 Å². The van der Waals surface area contributed by atoms with Gasteiger partial charge in [0.25, 0.3) is 5.56 Å². The molecular formula is C20H22N4O5. The fraction of sp³-hybridized carbons (Fsp3) is 0.300. The molecule has 0 saturated carbocycles. The third-order valence-corrected chi connectivity index (χ3v) is 4.40. The predicted molar refractivity (Wildman–Crippen MR) is 107 cm³/mol. The molecule has 0 aliphatic rings. The minimum absolute atomic E-state index is 0.0748. The molecular weight excluding hydrogens is 376 g/mol. The van der Waals surface area contributed by atoms with Crippen LogP contribution in [0.15, 0.2) is 39.6 Å². The number of H-pyrrole nitrogens is 1. The molecule has 0 saturated heterocycles. The van der Waals surface area contributed by atoms with Crippen LogP contribution >= 0.6 is 0 Å². The van der Waals surface area contributed by atoms with Gasteiger partial charge in [0.05, 0.1) is 12.6 Å². The summed E-state index contributed by atoms with van der Waals surface area (Å²) in [5, 5.41) is 9.68. The quantitative estimate of drug-likeness (QED) is 0.558. The van der Waals surface area contributed by atoms with E-state index < -0.39 is 11.9 Å². The molecule has 2 heterocycles. The third-order valence-electron chi connectivity index (χ3n) is 4.40. The van der Waals surface area contributed by atoms with Gasteiger partial charge in [-0.15, -0.1) is 0 Å². The van der Waals surface area contributed by atoms with Gasteiger partial charge in [-0.3, -0.25) is 14.4 Å². The second kappa shape index (κ2) is 8.59. The Morgan fingerprint density at radius 1 is 1.28 bits per heavy atom. The van der Waals surface area contributed by atoms with E-state index >= 15 is 0 Å². The lowest BCUT2D eigenvalue weighted by molar-refractivity contribution is -0.126. The fourth-order valence-corrected chi connectivity index (χ4v) is 2.83. The summed E-state index contributed by atoms with van der Waals surface area (Å²) in [6, 6.07) is 7.95. The lowest BCUT2D eigenvalue weighted by Gasteiger charge is -2.13. The number of pyridine rings is 1. The van der Waals surface area contributed by atoms with E-state index in [1.54, 1.807) is 45.2 Å². The van der Waals surface area contributed by atoms with Crippen molar-refractivity contribution in [1.82, 2.24) is 15.5 Å². The van der Waals surface area contributed by atoms with Crippen LogP contribution in [0.3, 0.4) is 0 Å².